The third kappa shape index (κ3) is 2.37. The Labute approximate surface area is 110 Å². The van der Waals surface area contributed by atoms with Crippen molar-refractivity contribution >= 4 is 15.9 Å². The SMILES string of the molecule is [2H]C([2H])(NC)c1nc(C)nn1-c1cccc(Br)c1F. The van der Waals surface area contributed by atoms with E-state index in [4.69, 9.17) is 2.74 Å². The molecule has 0 saturated carbocycles. The third-order valence-electron chi connectivity index (χ3n) is 2.11. The molecule has 4 nitrogen and oxygen atoms in total. The lowest BCUT2D eigenvalue weighted by Crippen LogP contribution is -2.13. The third-order valence-corrected chi connectivity index (χ3v) is 2.72. The Morgan fingerprint density at radius 2 is 2.35 bits per heavy atom. The van der Waals surface area contributed by atoms with Gasteiger partial charge in [-0.2, -0.15) is 5.10 Å². The van der Waals surface area contributed by atoms with Crippen LogP contribution < -0.4 is 5.32 Å². The quantitative estimate of drug-likeness (QED) is 0.945. The molecule has 0 atom stereocenters. The summed E-state index contributed by atoms with van der Waals surface area (Å²) in [4.78, 5) is 4.03. The lowest BCUT2D eigenvalue weighted by molar-refractivity contribution is 0.595. The van der Waals surface area contributed by atoms with E-state index in [1.807, 2.05) is 0 Å². The van der Waals surface area contributed by atoms with Crippen molar-refractivity contribution in [1.82, 2.24) is 20.1 Å². The normalized spacial score (nSPS) is 13.4. The maximum Gasteiger partial charge on any atom is 0.163 e. The van der Waals surface area contributed by atoms with Crippen LogP contribution in [-0.2, 0) is 6.50 Å². The van der Waals surface area contributed by atoms with Gasteiger partial charge in [0.1, 0.15) is 17.3 Å². The Morgan fingerprint density at radius 3 is 3.06 bits per heavy atom. The van der Waals surface area contributed by atoms with Crippen molar-refractivity contribution in [3.05, 3.63) is 40.1 Å². The molecule has 0 fully saturated rings. The van der Waals surface area contributed by atoms with Gasteiger partial charge in [-0.3, -0.25) is 0 Å². The number of aryl methyl sites for hydroxylation is 1. The average molecular weight is 301 g/mol. The molecule has 2 rings (SSSR count). The van der Waals surface area contributed by atoms with Gasteiger partial charge in [-0.05, 0) is 42.0 Å². The van der Waals surface area contributed by atoms with Crippen LogP contribution >= 0.6 is 15.9 Å². The molecule has 6 heteroatoms. The fraction of sp³-hybridized carbons (Fsp3) is 0.273. The molecule has 0 saturated heterocycles. The Morgan fingerprint density at radius 1 is 1.59 bits per heavy atom. The summed E-state index contributed by atoms with van der Waals surface area (Å²) in [5.74, 6) is -0.140. The summed E-state index contributed by atoms with van der Waals surface area (Å²) in [6.07, 6.45) is 0. The van der Waals surface area contributed by atoms with Gasteiger partial charge in [0, 0.05) is 0 Å². The number of rotatable bonds is 3. The lowest BCUT2D eigenvalue weighted by atomic mass is 10.3. The summed E-state index contributed by atoms with van der Waals surface area (Å²) in [6, 6.07) is 4.73. The number of halogens is 2. The van der Waals surface area contributed by atoms with Crippen LogP contribution in [0.2, 0.25) is 0 Å². The Bertz CT molecular complexity index is 615. The van der Waals surface area contributed by atoms with Gasteiger partial charge in [0.05, 0.1) is 13.7 Å². The maximum absolute atomic E-state index is 14.1. The zero-order valence-electron chi connectivity index (χ0n) is 11.3. The number of aromatic nitrogens is 3. The zero-order valence-corrected chi connectivity index (χ0v) is 10.9. The van der Waals surface area contributed by atoms with E-state index in [1.54, 1.807) is 19.1 Å². The second-order valence-electron chi connectivity index (χ2n) is 3.34. The van der Waals surface area contributed by atoms with Gasteiger partial charge in [0.15, 0.2) is 5.82 Å². The summed E-state index contributed by atoms with van der Waals surface area (Å²) in [6.45, 7) is -0.280. The van der Waals surface area contributed by atoms with E-state index in [1.165, 1.54) is 17.8 Å². The van der Waals surface area contributed by atoms with Crippen LogP contribution in [0.25, 0.3) is 5.69 Å². The minimum absolute atomic E-state index is 0.00417. The molecule has 0 radical (unpaired) electrons. The van der Waals surface area contributed by atoms with Gasteiger partial charge < -0.3 is 5.32 Å². The average Bonchev–Trinajstić information content (AvgIpc) is 2.75. The first-order valence-corrected chi connectivity index (χ1v) is 5.73. The number of benzene rings is 1. The van der Waals surface area contributed by atoms with E-state index in [0.717, 1.165) is 0 Å². The first kappa shape index (κ1) is 9.73. The van der Waals surface area contributed by atoms with Crippen molar-refractivity contribution in [3.63, 3.8) is 0 Å². The first-order chi connectivity index (χ1) is 8.86. The lowest BCUT2D eigenvalue weighted by Gasteiger charge is -2.07. The highest BCUT2D eigenvalue weighted by Gasteiger charge is 2.13. The van der Waals surface area contributed by atoms with Gasteiger partial charge in [-0.25, -0.2) is 14.1 Å². The predicted octanol–water partition coefficient (Wildman–Crippen LogP) is 2.20. The molecule has 0 bridgehead atoms. The molecule has 17 heavy (non-hydrogen) atoms. The molecule has 1 aromatic carbocycles. The summed E-state index contributed by atoms with van der Waals surface area (Å²) in [5.41, 5.74) is 0.143. The van der Waals surface area contributed by atoms with Crippen molar-refractivity contribution in [2.45, 2.75) is 13.4 Å². The number of hydrogen-bond acceptors (Lipinski definition) is 3. The molecular weight excluding hydrogens is 287 g/mol. The molecule has 0 unspecified atom stereocenters. The Hall–Kier alpha value is -1.27. The van der Waals surface area contributed by atoms with Crippen LogP contribution in [0.3, 0.4) is 0 Å². The molecule has 1 aromatic heterocycles. The van der Waals surface area contributed by atoms with Crippen LogP contribution in [0.1, 0.15) is 14.4 Å². The van der Waals surface area contributed by atoms with E-state index in [-0.39, 0.29) is 16.0 Å². The summed E-state index contributed by atoms with van der Waals surface area (Å²) in [7, 11) is 1.46. The van der Waals surface area contributed by atoms with Crippen LogP contribution in [0.4, 0.5) is 4.39 Å². The van der Waals surface area contributed by atoms with E-state index in [0.29, 0.717) is 5.82 Å². The molecule has 0 aliphatic heterocycles. The van der Waals surface area contributed by atoms with E-state index >= 15 is 0 Å². The van der Waals surface area contributed by atoms with Crippen molar-refractivity contribution in [2.24, 2.45) is 0 Å². The fourth-order valence-corrected chi connectivity index (χ4v) is 1.79. The van der Waals surface area contributed by atoms with Crippen molar-refractivity contribution in [3.8, 4) is 5.69 Å². The molecule has 0 amide bonds. The highest BCUT2D eigenvalue weighted by molar-refractivity contribution is 9.10. The number of nitrogens with zero attached hydrogens (tertiary/aromatic N) is 3. The molecule has 2 aromatic rings. The summed E-state index contributed by atoms with van der Waals surface area (Å²) >= 11 is 3.10. The van der Waals surface area contributed by atoms with Crippen LogP contribution in [0.5, 0.6) is 0 Å². The van der Waals surface area contributed by atoms with Gasteiger partial charge in [0.2, 0.25) is 0 Å². The van der Waals surface area contributed by atoms with Crippen molar-refractivity contribution in [2.75, 3.05) is 7.05 Å². The molecule has 90 valence electrons. The van der Waals surface area contributed by atoms with E-state index < -0.39 is 12.3 Å². The topological polar surface area (TPSA) is 42.7 Å². The highest BCUT2D eigenvalue weighted by Crippen LogP contribution is 2.22. The second kappa shape index (κ2) is 4.93. The minimum atomic E-state index is -1.91. The Kier molecular flexibility index (Phi) is 2.82. The summed E-state index contributed by atoms with van der Waals surface area (Å²) < 4.78 is 31.2. The maximum atomic E-state index is 14.1. The molecular formula is C11H12BrFN4. The van der Waals surface area contributed by atoms with Crippen molar-refractivity contribution < 1.29 is 7.13 Å². The smallest absolute Gasteiger partial charge is 0.163 e. The van der Waals surface area contributed by atoms with Crippen LogP contribution in [0, 0.1) is 12.7 Å². The van der Waals surface area contributed by atoms with Crippen molar-refractivity contribution in [1.29, 1.82) is 0 Å². The minimum Gasteiger partial charge on any atom is -0.313 e. The zero-order chi connectivity index (χ0) is 14.2. The second-order valence-corrected chi connectivity index (χ2v) is 4.20. The number of hydrogen-bond donors (Lipinski definition) is 1. The van der Waals surface area contributed by atoms with Gasteiger partial charge in [0.25, 0.3) is 0 Å². The highest BCUT2D eigenvalue weighted by atomic mass is 79.9. The molecule has 0 spiro atoms. The van der Waals surface area contributed by atoms with Gasteiger partial charge in [-0.1, -0.05) is 6.07 Å². The van der Waals surface area contributed by atoms with Crippen LogP contribution in [0.15, 0.2) is 22.7 Å². The first-order valence-electron chi connectivity index (χ1n) is 5.94. The van der Waals surface area contributed by atoms with E-state index in [9.17, 15) is 4.39 Å². The monoisotopic (exact) mass is 300 g/mol. The summed E-state index contributed by atoms with van der Waals surface area (Å²) in [5, 5.41) is 6.55. The van der Waals surface area contributed by atoms with E-state index in [2.05, 4.69) is 31.3 Å². The fourth-order valence-electron chi connectivity index (χ4n) is 1.43. The van der Waals surface area contributed by atoms with Gasteiger partial charge >= 0.3 is 0 Å². The molecule has 0 aliphatic carbocycles. The van der Waals surface area contributed by atoms with Crippen LogP contribution in [-0.4, -0.2) is 21.8 Å². The van der Waals surface area contributed by atoms with Gasteiger partial charge in [-0.15, -0.1) is 0 Å². The Balaban J connectivity index is 2.66. The molecule has 0 aliphatic rings. The standard InChI is InChI=1S/C11H12BrFN4/c1-7-15-10(6-14-2)17(16-7)9-5-3-4-8(12)11(9)13/h3-5,14H,6H2,1-2H3/i6D2. The predicted molar refractivity (Wildman–Crippen MR) is 66.5 cm³/mol. The molecule has 1 heterocycles. The number of nitrogens with one attached hydrogen (secondary N) is 1. The largest absolute Gasteiger partial charge is 0.313 e. The molecule has 1 N–H and O–H groups in total.